The van der Waals surface area contributed by atoms with Crippen molar-refractivity contribution in [3.63, 3.8) is 0 Å². The molecule has 1 aromatic heterocycles. The maximum atomic E-state index is 12.9. The van der Waals surface area contributed by atoms with E-state index in [1.54, 1.807) is 12.4 Å². The first-order chi connectivity index (χ1) is 12.5. The second-order valence-electron chi connectivity index (χ2n) is 6.80. The minimum atomic E-state index is -3.56. The Kier molecular flexibility index (Phi) is 4.66. The first-order valence-electron chi connectivity index (χ1n) is 8.74. The third-order valence-electron chi connectivity index (χ3n) is 5.12. The van der Waals surface area contributed by atoms with Crippen molar-refractivity contribution in [1.82, 2.24) is 19.1 Å². The van der Waals surface area contributed by atoms with Crippen molar-refractivity contribution < 1.29 is 13.2 Å². The van der Waals surface area contributed by atoms with Gasteiger partial charge in [-0.25, -0.2) is 8.42 Å². The molecule has 26 heavy (non-hydrogen) atoms. The highest BCUT2D eigenvalue weighted by Gasteiger charge is 2.34. The summed E-state index contributed by atoms with van der Waals surface area (Å²) in [5.41, 5.74) is 0. The van der Waals surface area contributed by atoms with Crippen LogP contribution in [0, 0.1) is 0 Å². The van der Waals surface area contributed by atoms with Crippen LogP contribution in [0.15, 0.2) is 29.4 Å². The van der Waals surface area contributed by atoms with E-state index in [-0.39, 0.29) is 10.9 Å². The number of hydrogen-bond donors (Lipinski definition) is 0. The van der Waals surface area contributed by atoms with E-state index >= 15 is 0 Å². The van der Waals surface area contributed by atoms with E-state index < -0.39 is 10.0 Å². The van der Waals surface area contributed by atoms with E-state index in [2.05, 4.69) is 14.8 Å². The van der Waals surface area contributed by atoms with Crippen LogP contribution in [-0.4, -0.2) is 47.7 Å². The molecule has 0 bridgehead atoms. The van der Waals surface area contributed by atoms with Crippen molar-refractivity contribution in [2.75, 3.05) is 20.2 Å². The van der Waals surface area contributed by atoms with E-state index in [4.69, 9.17) is 16.3 Å². The Labute approximate surface area is 158 Å². The van der Waals surface area contributed by atoms with E-state index in [1.165, 1.54) is 36.4 Å². The lowest BCUT2D eigenvalue weighted by Gasteiger charge is -2.32. The number of aromatic nitrogens is 3. The van der Waals surface area contributed by atoms with E-state index in [0.29, 0.717) is 29.8 Å². The van der Waals surface area contributed by atoms with Crippen LogP contribution in [0.4, 0.5) is 0 Å². The molecular formula is C17H21ClN4O3S. The number of halogens is 1. The average Bonchev–Trinajstić information content (AvgIpc) is 3.38. The summed E-state index contributed by atoms with van der Waals surface area (Å²) in [6.07, 6.45) is 5.63. The maximum absolute atomic E-state index is 12.9. The number of rotatable bonds is 5. The topological polar surface area (TPSA) is 77.3 Å². The van der Waals surface area contributed by atoms with Gasteiger partial charge in [-0.15, -0.1) is 10.2 Å². The van der Waals surface area contributed by atoms with Crippen molar-refractivity contribution in [3.05, 3.63) is 35.4 Å². The fraction of sp³-hybridized carbons (Fsp3) is 0.529. The summed E-state index contributed by atoms with van der Waals surface area (Å²) in [6.45, 7) is 0.942. The van der Waals surface area contributed by atoms with Crippen molar-refractivity contribution in [2.45, 2.75) is 42.5 Å². The van der Waals surface area contributed by atoms with Crippen LogP contribution in [0.25, 0.3) is 0 Å². The lowest BCUT2D eigenvalue weighted by atomic mass is 10.1. The van der Waals surface area contributed by atoms with Gasteiger partial charge in [-0.3, -0.25) is 0 Å². The minimum absolute atomic E-state index is 0.199. The first kappa shape index (κ1) is 17.8. The zero-order chi connectivity index (χ0) is 18.3. The summed E-state index contributed by atoms with van der Waals surface area (Å²) in [6, 6.07) is 4.83. The monoisotopic (exact) mass is 396 g/mol. The van der Waals surface area contributed by atoms with E-state index in [0.717, 1.165) is 18.7 Å². The molecule has 1 aliphatic heterocycles. The Hall–Kier alpha value is -1.64. The molecule has 2 aromatic rings. The standard InChI is InChI=1S/C17H21ClN4O3S/c1-25-16-5-4-14(10-15(16)18)26(23,24)21-8-6-13(7-9-21)22-11-19-20-17(22)12-2-3-12/h4-5,10-13H,2-3,6-9H2,1H3. The van der Waals surface area contributed by atoms with Gasteiger partial charge in [-0.2, -0.15) is 4.31 Å². The Bertz CT molecular complexity index is 902. The molecule has 7 nitrogen and oxygen atoms in total. The van der Waals surface area contributed by atoms with E-state index in [9.17, 15) is 8.42 Å². The van der Waals surface area contributed by atoms with Gasteiger partial charge < -0.3 is 9.30 Å². The number of ether oxygens (including phenoxy) is 1. The molecule has 1 aromatic carbocycles. The van der Waals surface area contributed by atoms with Crippen LogP contribution in [0.5, 0.6) is 5.75 Å². The molecule has 1 saturated heterocycles. The highest BCUT2D eigenvalue weighted by Crippen LogP contribution is 2.40. The van der Waals surface area contributed by atoms with Gasteiger partial charge >= 0.3 is 0 Å². The lowest BCUT2D eigenvalue weighted by molar-refractivity contribution is 0.270. The summed E-state index contributed by atoms with van der Waals surface area (Å²) >= 11 is 6.09. The van der Waals surface area contributed by atoms with Gasteiger partial charge in [-0.05, 0) is 43.9 Å². The molecule has 140 valence electrons. The van der Waals surface area contributed by atoms with Crippen molar-refractivity contribution in [2.24, 2.45) is 0 Å². The van der Waals surface area contributed by atoms with Crippen LogP contribution >= 0.6 is 11.6 Å². The third kappa shape index (κ3) is 3.21. The van der Waals surface area contributed by atoms with Crippen molar-refractivity contribution in [1.29, 1.82) is 0 Å². The zero-order valence-corrected chi connectivity index (χ0v) is 16.1. The third-order valence-corrected chi connectivity index (χ3v) is 7.31. The maximum Gasteiger partial charge on any atom is 0.243 e. The summed E-state index contributed by atoms with van der Waals surface area (Å²) in [5.74, 6) is 2.04. The number of sulfonamides is 1. The quantitative estimate of drug-likeness (QED) is 0.776. The van der Waals surface area contributed by atoms with Gasteiger partial charge in [0.1, 0.15) is 17.9 Å². The zero-order valence-electron chi connectivity index (χ0n) is 14.5. The number of methoxy groups -OCH3 is 1. The molecule has 2 heterocycles. The molecule has 0 amide bonds. The van der Waals surface area contributed by atoms with Crippen LogP contribution in [0.3, 0.4) is 0 Å². The lowest BCUT2D eigenvalue weighted by Crippen LogP contribution is -2.39. The summed E-state index contributed by atoms with van der Waals surface area (Å²) in [5, 5.41) is 8.60. The SMILES string of the molecule is COc1ccc(S(=O)(=O)N2CCC(n3cnnc3C3CC3)CC2)cc1Cl. The van der Waals surface area contributed by atoms with Crippen LogP contribution in [0.2, 0.25) is 5.02 Å². The Morgan fingerprint density at radius 2 is 1.92 bits per heavy atom. The number of piperidine rings is 1. The molecule has 0 N–H and O–H groups in total. The summed E-state index contributed by atoms with van der Waals surface area (Å²) in [7, 11) is -2.06. The Morgan fingerprint density at radius 1 is 1.19 bits per heavy atom. The fourth-order valence-electron chi connectivity index (χ4n) is 3.48. The fourth-order valence-corrected chi connectivity index (χ4v) is 5.30. The number of hydrogen-bond acceptors (Lipinski definition) is 5. The highest BCUT2D eigenvalue weighted by molar-refractivity contribution is 7.89. The van der Waals surface area contributed by atoms with Gasteiger partial charge in [0.15, 0.2) is 0 Å². The normalized spacial score (nSPS) is 19.6. The molecule has 0 radical (unpaired) electrons. The van der Waals surface area contributed by atoms with Crippen molar-refractivity contribution >= 4 is 21.6 Å². The smallest absolute Gasteiger partial charge is 0.243 e. The minimum Gasteiger partial charge on any atom is -0.495 e. The molecule has 4 rings (SSSR count). The summed E-state index contributed by atoms with van der Waals surface area (Å²) < 4.78 is 34.6. The molecule has 9 heteroatoms. The first-order valence-corrected chi connectivity index (χ1v) is 10.6. The molecule has 0 spiro atoms. The van der Waals surface area contributed by atoms with Crippen molar-refractivity contribution in [3.8, 4) is 5.75 Å². The second kappa shape index (κ2) is 6.83. The predicted molar refractivity (Wildman–Crippen MR) is 97.0 cm³/mol. The van der Waals surface area contributed by atoms with Crippen LogP contribution in [0.1, 0.15) is 43.5 Å². The number of benzene rings is 1. The second-order valence-corrected chi connectivity index (χ2v) is 9.15. The molecule has 0 unspecified atom stereocenters. The average molecular weight is 397 g/mol. The Morgan fingerprint density at radius 3 is 2.54 bits per heavy atom. The molecule has 2 fully saturated rings. The molecule has 1 aliphatic carbocycles. The predicted octanol–water partition coefficient (Wildman–Crippen LogP) is 2.84. The largest absolute Gasteiger partial charge is 0.495 e. The van der Waals surface area contributed by atoms with Crippen LogP contribution < -0.4 is 4.74 Å². The highest BCUT2D eigenvalue weighted by atomic mass is 35.5. The molecular weight excluding hydrogens is 376 g/mol. The molecule has 0 atom stereocenters. The van der Waals surface area contributed by atoms with Gasteiger partial charge in [0.05, 0.1) is 17.0 Å². The Balaban J connectivity index is 1.48. The molecule has 1 saturated carbocycles. The van der Waals surface area contributed by atoms with Gasteiger partial charge in [-0.1, -0.05) is 11.6 Å². The van der Waals surface area contributed by atoms with Crippen LogP contribution in [-0.2, 0) is 10.0 Å². The summed E-state index contributed by atoms with van der Waals surface area (Å²) in [4.78, 5) is 0.199. The van der Waals surface area contributed by atoms with Gasteiger partial charge in [0, 0.05) is 25.0 Å². The molecule has 2 aliphatic rings. The van der Waals surface area contributed by atoms with E-state index in [1.807, 2.05) is 0 Å². The number of nitrogens with zero attached hydrogens (tertiary/aromatic N) is 4. The van der Waals surface area contributed by atoms with Gasteiger partial charge in [0.25, 0.3) is 0 Å². The van der Waals surface area contributed by atoms with Gasteiger partial charge in [0.2, 0.25) is 10.0 Å².